The van der Waals surface area contributed by atoms with Crippen molar-refractivity contribution in [1.29, 1.82) is 0 Å². The van der Waals surface area contributed by atoms with Gasteiger partial charge in [0.05, 0.1) is 0 Å². The molecule has 0 saturated heterocycles. The minimum absolute atomic E-state index is 0.695. The van der Waals surface area contributed by atoms with E-state index in [1.165, 1.54) is 0 Å². The summed E-state index contributed by atoms with van der Waals surface area (Å²) < 4.78 is 22.2. The zero-order valence-electron chi connectivity index (χ0n) is 11.4. The number of hydrogen-bond donors (Lipinski definition) is 0. The van der Waals surface area contributed by atoms with Crippen LogP contribution in [0, 0.1) is 0 Å². The Morgan fingerprint density at radius 1 is 0.938 bits per heavy atom. The molecule has 5 heteroatoms. The second-order valence-corrected chi connectivity index (χ2v) is 7.48. The van der Waals surface area contributed by atoms with Gasteiger partial charge in [0.25, 0.3) is 0 Å². The van der Waals surface area contributed by atoms with E-state index in [-0.39, 0.29) is 0 Å². The van der Waals surface area contributed by atoms with E-state index in [2.05, 4.69) is 6.58 Å². The summed E-state index contributed by atoms with van der Waals surface area (Å²) in [6, 6.07) is 0. The quantitative estimate of drug-likeness (QED) is 0.512. The SMILES string of the molecule is C=C[Si](C)(OC(C)(C)OC)OC(C)(C)OC. The Morgan fingerprint density at radius 3 is 1.44 bits per heavy atom. The molecule has 0 unspecified atom stereocenters. The first-order valence-electron chi connectivity index (χ1n) is 5.24. The highest BCUT2D eigenvalue weighted by atomic mass is 28.4. The van der Waals surface area contributed by atoms with Gasteiger partial charge in [0.1, 0.15) is 0 Å². The zero-order valence-corrected chi connectivity index (χ0v) is 12.4. The molecule has 0 heterocycles. The lowest BCUT2D eigenvalue weighted by atomic mass is 10.4. The van der Waals surface area contributed by atoms with Crippen molar-refractivity contribution < 1.29 is 18.3 Å². The van der Waals surface area contributed by atoms with Crippen molar-refractivity contribution in [2.45, 2.75) is 45.8 Å². The minimum atomic E-state index is -2.52. The lowest BCUT2D eigenvalue weighted by Crippen LogP contribution is -2.50. The zero-order chi connectivity index (χ0) is 13.0. The monoisotopic (exact) mass is 248 g/mol. The molecule has 0 aliphatic carbocycles. The smallest absolute Gasteiger partial charge is 0.362 e. The van der Waals surface area contributed by atoms with Crippen LogP contribution in [0.4, 0.5) is 0 Å². The van der Waals surface area contributed by atoms with Crippen molar-refractivity contribution in [3.8, 4) is 0 Å². The molecule has 0 atom stereocenters. The number of methoxy groups -OCH3 is 2. The molecule has 0 fully saturated rings. The van der Waals surface area contributed by atoms with E-state index in [1.807, 2.05) is 34.2 Å². The lowest BCUT2D eigenvalue weighted by Gasteiger charge is -2.38. The van der Waals surface area contributed by atoms with Crippen LogP contribution in [0.15, 0.2) is 12.3 Å². The van der Waals surface area contributed by atoms with E-state index >= 15 is 0 Å². The normalized spacial score (nSPS) is 13.9. The van der Waals surface area contributed by atoms with Crippen LogP contribution < -0.4 is 0 Å². The van der Waals surface area contributed by atoms with Crippen molar-refractivity contribution in [2.24, 2.45) is 0 Å². The third-order valence-electron chi connectivity index (χ3n) is 2.25. The Hall–Kier alpha value is -0.203. The van der Waals surface area contributed by atoms with Crippen LogP contribution in [0.25, 0.3) is 0 Å². The van der Waals surface area contributed by atoms with Gasteiger partial charge in [-0.05, 0) is 39.9 Å². The molecule has 0 aliphatic rings. The summed E-state index contributed by atoms with van der Waals surface area (Å²) in [5, 5.41) is 0. The average molecular weight is 248 g/mol. The van der Waals surface area contributed by atoms with Gasteiger partial charge in [-0.15, -0.1) is 6.58 Å². The Bertz CT molecular complexity index is 220. The highest BCUT2D eigenvalue weighted by Crippen LogP contribution is 2.25. The first-order valence-corrected chi connectivity index (χ1v) is 7.63. The van der Waals surface area contributed by atoms with E-state index < -0.39 is 20.1 Å². The third kappa shape index (κ3) is 5.22. The van der Waals surface area contributed by atoms with Crippen molar-refractivity contribution in [2.75, 3.05) is 14.2 Å². The fourth-order valence-corrected chi connectivity index (χ4v) is 3.49. The molecular formula is C11H24O4Si. The molecule has 96 valence electrons. The topological polar surface area (TPSA) is 36.9 Å². The molecule has 0 rings (SSSR count). The maximum absolute atomic E-state index is 5.86. The fraction of sp³-hybridized carbons (Fsp3) is 0.818. The molecule has 0 N–H and O–H groups in total. The summed E-state index contributed by atoms with van der Waals surface area (Å²) in [7, 11) is 0.671. The molecule has 0 aromatic rings. The Morgan fingerprint density at radius 2 is 1.25 bits per heavy atom. The second kappa shape index (κ2) is 5.42. The highest BCUT2D eigenvalue weighted by molar-refractivity contribution is 6.71. The van der Waals surface area contributed by atoms with Crippen LogP contribution in [0.3, 0.4) is 0 Å². The molecular weight excluding hydrogens is 224 g/mol. The molecule has 16 heavy (non-hydrogen) atoms. The van der Waals surface area contributed by atoms with E-state index in [0.717, 1.165) is 0 Å². The highest BCUT2D eigenvalue weighted by Gasteiger charge is 2.40. The first-order chi connectivity index (χ1) is 7.10. The van der Waals surface area contributed by atoms with Crippen LogP contribution in [0.5, 0.6) is 0 Å². The van der Waals surface area contributed by atoms with E-state index in [9.17, 15) is 0 Å². The Balaban J connectivity index is 4.73. The van der Waals surface area contributed by atoms with Gasteiger partial charge in [-0.1, -0.05) is 0 Å². The van der Waals surface area contributed by atoms with Crippen molar-refractivity contribution in [3.63, 3.8) is 0 Å². The number of hydrogen-bond acceptors (Lipinski definition) is 4. The summed E-state index contributed by atoms with van der Waals surface area (Å²) in [6.07, 6.45) is 0. The summed E-state index contributed by atoms with van der Waals surface area (Å²) in [5.74, 6) is -1.39. The van der Waals surface area contributed by atoms with Gasteiger partial charge in [-0.2, -0.15) is 0 Å². The maximum Gasteiger partial charge on any atom is 0.365 e. The van der Waals surface area contributed by atoms with Crippen LogP contribution in [-0.2, 0) is 18.3 Å². The summed E-state index contributed by atoms with van der Waals surface area (Å²) >= 11 is 0. The third-order valence-corrected chi connectivity index (χ3v) is 4.79. The maximum atomic E-state index is 5.86. The minimum Gasteiger partial charge on any atom is -0.362 e. The molecule has 0 aliphatic heterocycles. The predicted octanol–water partition coefficient (Wildman–Crippen LogP) is 2.58. The van der Waals surface area contributed by atoms with Crippen molar-refractivity contribution in [1.82, 2.24) is 0 Å². The molecule has 0 bridgehead atoms. The van der Waals surface area contributed by atoms with Crippen molar-refractivity contribution >= 4 is 8.56 Å². The van der Waals surface area contributed by atoms with Crippen LogP contribution >= 0.6 is 0 Å². The Kier molecular flexibility index (Phi) is 5.35. The molecule has 0 saturated carbocycles. The number of rotatable bonds is 7. The largest absolute Gasteiger partial charge is 0.365 e. The predicted molar refractivity (Wildman–Crippen MR) is 66.2 cm³/mol. The van der Waals surface area contributed by atoms with Gasteiger partial charge in [-0.25, -0.2) is 0 Å². The first kappa shape index (κ1) is 15.8. The molecule has 0 aromatic carbocycles. The average Bonchev–Trinajstić information content (AvgIpc) is 2.16. The van der Waals surface area contributed by atoms with Gasteiger partial charge in [-0.3, -0.25) is 0 Å². The summed E-state index contributed by atoms with van der Waals surface area (Å²) in [5.41, 5.74) is 1.72. The fourth-order valence-electron chi connectivity index (χ4n) is 1.16. The standard InChI is InChI=1S/C11H24O4Si/c1-9-16(8,14-10(2,3)12-6)15-11(4,5)13-7/h9H,1H2,2-8H3. The van der Waals surface area contributed by atoms with Gasteiger partial charge in [0, 0.05) is 14.2 Å². The van der Waals surface area contributed by atoms with E-state index in [4.69, 9.17) is 18.3 Å². The molecule has 4 nitrogen and oxygen atoms in total. The summed E-state index contributed by atoms with van der Waals surface area (Å²) in [6.45, 7) is 13.0. The number of ether oxygens (including phenoxy) is 2. The van der Waals surface area contributed by atoms with Crippen LogP contribution in [0.2, 0.25) is 6.55 Å². The van der Waals surface area contributed by atoms with E-state index in [1.54, 1.807) is 19.9 Å². The molecule has 0 aromatic heterocycles. The van der Waals surface area contributed by atoms with Gasteiger partial charge in [0.15, 0.2) is 11.6 Å². The second-order valence-electron chi connectivity index (χ2n) is 4.63. The van der Waals surface area contributed by atoms with E-state index in [0.29, 0.717) is 0 Å². The summed E-state index contributed by atoms with van der Waals surface area (Å²) in [4.78, 5) is 0. The van der Waals surface area contributed by atoms with Gasteiger partial charge in [0.2, 0.25) is 0 Å². The van der Waals surface area contributed by atoms with Gasteiger partial charge >= 0.3 is 8.56 Å². The molecule has 0 spiro atoms. The molecule has 0 radical (unpaired) electrons. The van der Waals surface area contributed by atoms with Crippen molar-refractivity contribution in [3.05, 3.63) is 12.3 Å². The van der Waals surface area contributed by atoms with Crippen LogP contribution in [0.1, 0.15) is 27.7 Å². The molecule has 0 amide bonds. The lowest BCUT2D eigenvalue weighted by molar-refractivity contribution is -0.189. The van der Waals surface area contributed by atoms with Gasteiger partial charge < -0.3 is 18.3 Å². The van der Waals surface area contributed by atoms with Crippen LogP contribution in [-0.4, -0.2) is 34.4 Å². The Labute approximate surface area is 99.8 Å².